The zero-order valence-electron chi connectivity index (χ0n) is 9.54. The third-order valence-corrected chi connectivity index (χ3v) is 2.29. The summed E-state index contributed by atoms with van der Waals surface area (Å²) in [4.78, 5) is 17.9. The molecule has 0 spiro atoms. The fraction of sp³-hybridized carbons (Fsp3) is 0.167. The SMILES string of the molecule is Cc1cc(=O)[nH]c(Nc2ccc(F)c(C)c2)n1. The van der Waals surface area contributed by atoms with Gasteiger partial charge in [-0.3, -0.25) is 9.78 Å². The van der Waals surface area contributed by atoms with Gasteiger partial charge in [0.15, 0.2) is 0 Å². The van der Waals surface area contributed by atoms with Crippen LogP contribution in [0.25, 0.3) is 0 Å². The molecule has 0 atom stereocenters. The normalized spacial score (nSPS) is 10.3. The lowest BCUT2D eigenvalue weighted by Crippen LogP contribution is -2.10. The topological polar surface area (TPSA) is 57.8 Å². The Kier molecular flexibility index (Phi) is 2.91. The number of hydrogen-bond donors (Lipinski definition) is 2. The van der Waals surface area contributed by atoms with E-state index in [2.05, 4.69) is 15.3 Å². The van der Waals surface area contributed by atoms with Crippen molar-refractivity contribution >= 4 is 11.6 Å². The number of halogens is 1. The van der Waals surface area contributed by atoms with Crippen molar-refractivity contribution in [2.24, 2.45) is 0 Å². The van der Waals surface area contributed by atoms with E-state index in [-0.39, 0.29) is 11.4 Å². The van der Waals surface area contributed by atoms with E-state index in [4.69, 9.17) is 0 Å². The Hall–Kier alpha value is -2.17. The summed E-state index contributed by atoms with van der Waals surface area (Å²) in [6, 6.07) is 6.01. The first kappa shape index (κ1) is 11.3. The number of aromatic nitrogens is 2. The van der Waals surface area contributed by atoms with E-state index in [9.17, 15) is 9.18 Å². The van der Waals surface area contributed by atoms with Crippen molar-refractivity contribution in [2.75, 3.05) is 5.32 Å². The Morgan fingerprint density at radius 1 is 1.29 bits per heavy atom. The minimum atomic E-state index is -0.263. The average Bonchev–Trinajstić information content (AvgIpc) is 2.22. The molecule has 1 heterocycles. The van der Waals surface area contributed by atoms with Gasteiger partial charge in [-0.05, 0) is 37.6 Å². The Bertz CT molecular complexity index is 607. The summed E-state index contributed by atoms with van der Waals surface area (Å²) in [7, 11) is 0. The van der Waals surface area contributed by atoms with Crippen LogP contribution in [-0.4, -0.2) is 9.97 Å². The summed E-state index contributed by atoms with van der Waals surface area (Å²) in [5.41, 5.74) is 1.61. The highest BCUT2D eigenvalue weighted by molar-refractivity contribution is 5.54. The lowest BCUT2D eigenvalue weighted by molar-refractivity contribution is 0.619. The molecule has 0 amide bonds. The molecule has 88 valence electrons. The largest absolute Gasteiger partial charge is 0.326 e. The predicted molar refractivity (Wildman–Crippen MR) is 64.0 cm³/mol. The van der Waals surface area contributed by atoms with Gasteiger partial charge in [0.25, 0.3) is 5.56 Å². The number of H-pyrrole nitrogens is 1. The van der Waals surface area contributed by atoms with Crippen molar-refractivity contribution in [2.45, 2.75) is 13.8 Å². The summed E-state index contributed by atoms with van der Waals surface area (Å²) in [5, 5.41) is 2.92. The van der Waals surface area contributed by atoms with E-state index < -0.39 is 0 Å². The van der Waals surface area contributed by atoms with Crippen LogP contribution in [0.4, 0.5) is 16.0 Å². The van der Waals surface area contributed by atoms with E-state index in [1.54, 1.807) is 26.0 Å². The standard InChI is InChI=1S/C12H12FN3O/c1-7-5-9(3-4-10(7)13)15-12-14-8(2)6-11(17)16-12/h3-6H,1-2H3,(H2,14,15,16,17). The molecule has 0 fully saturated rings. The first-order valence-corrected chi connectivity index (χ1v) is 5.16. The minimum Gasteiger partial charge on any atom is -0.326 e. The number of hydrogen-bond acceptors (Lipinski definition) is 3. The smallest absolute Gasteiger partial charge is 0.252 e. The molecule has 0 aliphatic carbocycles. The van der Waals surface area contributed by atoms with E-state index in [1.807, 2.05) is 0 Å². The number of benzene rings is 1. The zero-order chi connectivity index (χ0) is 12.4. The molecule has 5 heteroatoms. The summed E-state index contributed by atoms with van der Waals surface area (Å²) >= 11 is 0. The van der Waals surface area contributed by atoms with E-state index in [1.165, 1.54) is 12.1 Å². The van der Waals surface area contributed by atoms with Gasteiger partial charge >= 0.3 is 0 Å². The molecule has 0 aliphatic heterocycles. The second-order valence-electron chi connectivity index (χ2n) is 3.82. The molecule has 1 aromatic carbocycles. The van der Waals surface area contributed by atoms with Crippen LogP contribution < -0.4 is 10.9 Å². The molecule has 0 unspecified atom stereocenters. The van der Waals surface area contributed by atoms with Crippen LogP contribution in [-0.2, 0) is 0 Å². The Morgan fingerprint density at radius 3 is 2.71 bits per heavy atom. The first-order chi connectivity index (χ1) is 8.04. The molecule has 2 rings (SSSR count). The predicted octanol–water partition coefficient (Wildman–Crippen LogP) is 2.27. The second-order valence-corrected chi connectivity index (χ2v) is 3.82. The number of aromatic amines is 1. The van der Waals surface area contributed by atoms with E-state index >= 15 is 0 Å². The van der Waals surface area contributed by atoms with Gasteiger partial charge in [0.1, 0.15) is 5.82 Å². The van der Waals surface area contributed by atoms with Gasteiger partial charge < -0.3 is 5.32 Å². The van der Waals surface area contributed by atoms with E-state index in [0.717, 1.165) is 0 Å². The third kappa shape index (κ3) is 2.69. The average molecular weight is 233 g/mol. The van der Waals surface area contributed by atoms with Gasteiger partial charge in [-0.2, -0.15) is 0 Å². The van der Waals surface area contributed by atoms with Crippen LogP contribution in [0.2, 0.25) is 0 Å². The number of anilines is 2. The van der Waals surface area contributed by atoms with Gasteiger partial charge in [0, 0.05) is 17.4 Å². The van der Waals surface area contributed by atoms with Crippen LogP contribution in [0.1, 0.15) is 11.3 Å². The lowest BCUT2D eigenvalue weighted by atomic mass is 10.2. The Morgan fingerprint density at radius 2 is 2.06 bits per heavy atom. The van der Waals surface area contributed by atoms with Crippen LogP contribution >= 0.6 is 0 Å². The molecule has 1 aromatic heterocycles. The maximum absolute atomic E-state index is 13.1. The monoisotopic (exact) mass is 233 g/mol. The summed E-state index contributed by atoms with van der Waals surface area (Å²) in [6.07, 6.45) is 0. The van der Waals surface area contributed by atoms with Crippen molar-refractivity contribution < 1.29 is 4.39 Å². The number of nitrogens with one attached hydrogen (secondary N) is 2. The molecule has 0 radical (unpaired) electrons. The summed E-state index contributed by atoms with van der Waals surface area (Å²) < 4.78 is 13.1. The van der Waals surface area contributed by atoms with Crippen molar-refractivity contribution in [3.05, 3.63) is 51.7 Å². The Labute approximate surface area is 97.5 Å². The highest BCUT2D eigenvalue weighted by Gasteiger charge is 2.01. The van der Waals surface area contributed by atoms with Crippen molar-refractivity contribution in [3.8, 4) is 0 Å². The maximum Gasteiger partial charge on any atom is 0.252 e. The molecule has 0 bridgehead atoms. The molecule has 0 saturated carbocycles. The van der Waals surface area contributed by atoms with Gasteiger partial charge in [-0.15, -0.1) is 0 Å². The van der Waals surface area contributed by atoms with Crippen molar-refractivity contribution in [1.82, 2.24) is 9.97 Å². The number of aryl methyl sites for hydroxylation is 2. The third-order valence-electron chi connectivity index (χ3n) is 2.29. The number of rotatable bonds is 2. The van der Waals surface area contributed by atoms with Crippen LogP contribution in [0.3, 0.4) is 0 Å². The minimum absolute atomic E-state index is 0.223. The highest BCUT2D eigenvalue weighted by atomic mass is 19.1. The number of nitrogens with zero attached hydrogens (tertiary/aromatic N) is 1. The highest BCUT2D eigenvalue weighted by Crippen LogP contribution is 2.16. The second kappa shape index (κ2) is 4.37. The first-order valence-electron chi connectivity index (χ1n) is 5.16. The van der Waals surface area contributed by atoms with Crippen molar-refractivity contribution in [1.29, 1.82) is 0 Å². The van der Waals surface area contributed by atoms with Crippen LogP contribution in [0.5, 0.6) is 0 Å². The molecule has 2 aromatic rings. The van der Waals surface area contributed by atoms with Crippen LogP contribution in [0, 0.1) is 19.7 Å². The molecular formula is C12H12FN3O. The molecular weight excluding hydrogens is 221 g/mol. The molecule has 0 aliphatic rings. The molecule has 0 saturated heterocycles. The van der Waals surface area contributed by atoms with Crippen molar-refractivity contribution in [3.63, 3.8) is 0 Å². The zero-order valence-corrected chi connectivity index (χ0v) is 9.54. The van der Waals surface area contributed by atoms with Gasteiger partial charge in [0.2, 0.25) is 5.95 Å². The van der Waals surface area contributed by atoms with Gasteiger partial charge in [-0.25, -0.2) is 9.37 Å². The Balaban J connectivity index is 2.31. The van der Waals surface area contributed by atoms with E-state index in [0.29, 0.717) is 22.9 Å². The van der Waals surface area contributed by atoms with Gasteiger partial charge in [0.05, 0.1) is 0 Å². The quantitative estimate of drug-likeness (QED) is 0.836. The summed E-state index contributed by atoms with van der Waals surface area (Å²) in [6.45, 7) is 3.41. The molecule has 17 heavy (non-hydrogen) atoms. The maximum atomic E-state index is 13.1. The molecule has 2 N–H and O–H groups in total. The molecule has 4 nitrogen and oxygen atoms in total. The van der Waals surface area contributed by atoms with Crippen LogP contribution in [0.15, 0.2) is 29.1 Å². The fourth-order valence-corrected chi connectivity index (χ4v) is 1.50. The summed E-state index contributed by atoms with van der Waals surface area (Å²) in [5.74, 6) is 0.0854. The fourth-order valence-electron chi connectivity index (χ4n) is 1.50. The van der Waals surface area contributed by atoms with Gasteiger partial charge in [-0.1, -0.05) is 0 Å². The lowest BCUT2D eigenvalue weighted by Gasteiger charge is -2.06.